The lowest BCUT2D eigenvalue weighted by Crippen LogP contribution is -2.21. The Morgan fingerprint density at radius 1 is 1.19 bits per heavy atom. The van der Waals surface area contributed by atoms with Crippen LogP contribution in [0.4, 0.5) is 5.69 Å². The number of benzene rings is 1. The Balaban J connectivity index is 1.92. The normalized spacial score (nSPS) is 10.2. The molecule has 1 heterocycles. The van der Waals surface area contributed by atoms with Crippen molar-refractivity contribution in [3.63, 3.8) is 0 Å². The van der Waals surface area contributed by atoms with E-state index in [9.17, 15) is 9.59 Å². The molecule has 21 heavy (non-hydrogen) atoms. The summed E-state index contributed by atoms with van der Waals surface area (Å²) in [6, 6.07) is 8.91. The summed E-state index contributed by atoms with van der Waals surface area (Å²) in [4.78, 5) is 23.9. The molecule has 2 rings (SSSR count). The summed E-state index contributed by atoms with van der Waals surface area (Å²) in [5.41, 5.74) is 2.66. The zero-order valence-electron chi connectivity index (χ0n) is 11.6. The topological polar surface area (TPSA) is 55.4 Å². The Hall–Kier alpha value is -1.85. The molecule has 0 spiro atoms. The standard InChI is InChI=1S/C15H14ClNO3S/c1-9-4-3-5-10(2)14(9)17-13(18)8-20-15(19)11-6-7-12(16)21-11/h3-7H,8H2,1-2H3,(H,17,18). The van der Waals surface area contributed by atoms with Crippen LogP contribution in [0, 0.1) is 13.8 Å². The Labute approximate surface area is 131 Å². The van der Waals surface area contributed by atoms with Crippen LogP contribution in [-0.4, -0.2) is 18.5 Å². The summed E-state index contributed by atoms with van der Waals surface area (Å²) in [5.74, 6) is -0.924. The Bertz CT molecular complexity index is 661. The molecule has 0 atom stereocenters. The third kappa shape index (κ3) is 4.06. The van der Waals surface area contributed by atoms with E-state index in [0.717, 1.165) is 28.2 Å². The number of aryl methyl sites for hydroxylation is 2. The first kappa shape index (κ1) is 15.5. The Morgan fingerprint density at radius 3 is 2.43 bits per heavy atom. The van der Waals surface area contributed by atoms with Crippen LogP contribution < -0.4 is 5.32 Å². The molecule has 1 aromatic carbocycles. The third-order valence-electron chi connectivity index (χ3n) is 2.85. The lowest BCUT2D eigenvalue weighted by Gasteiger charge is -2.11. The number of esters is 1. The van der Waals surface area contributed by atoms with Crippen molar-refractivity contribution in [3.8, 4) is 0 Å². The summed E-state index contributed by atoms with van der Waals surface area (Å²) < 4.78 is 5.46. The second kappa shape index (κ2) is 6.74. The lowest BCUT2D eigenvalue weighted by molar-refractivity contribution is -0.119. The molecule has 0 fully saturated rings. The molecule has 0 aliphatic rings. The second-order valence-electron chi connectivity index (χ2n) is 4.49. The lowest BCUT2D eigenvalue weighted by atomic mass is 10.1. The first-order chi connectivity index (χ1) is 9.97. The summed E-state index contributed by atoms with van der Waals surface area (Å²) in [6.45, 7) is 3.48. The highest BCUT2D eigenvalue weighted by atomic mass is 35.5. The van der Waals surface area contributed by atoms with Crippen LogP contribution in [0.15, 0.2) is 30.3 Å². The molecule has 1 N–H and O–H groups in total. The number of hydrogen-bond acceptors (Lipinski definition) is 4. The predicted octanol–water partition coefficient (Wildman–Crippen LogP) is 3.81. The Kier molecular flexibility index (Phi) is 4.98. The first-order valence-corrected chi connectivity index (χ1v) is 7.45. The van der Waals surface area contributed by atoms with Crippen molar-refractivity contribution in [2.45, 2.75) is 13.8 Å². The number of ether oxygens (including phenoxy) is 1. The molecule has 0 aliphatic heterocycles. The largest absolute Gasteiger partial charge is 0.451 e. The van der Waals surface area contributed by atoms with E-state index in [1.807, 2.05) is 32.0 Å². The molecule has 2 aromatic rings. The maximum Gasteiger partial charge on any atom is 0.348 e. The van der Waals surface area contributed by atoms with E-state index in [2.05, 4.69) is 5.32 Å². The fourth-order valence-electron chi connectivity index (χ4n) is 1.81. The molecule has 6 heteroatoms. The van der Waals surface area contributed by atoms with Gasteiger partial charge in [0.05, 0.1) is 4.34 Å². The highest BCUT2D eigenvalue weighted by Gasteiger charge is 2.13. The van der Waals surface area contributed by atoms with Gasteiger partial charge in [0.1, 0.15) is 4.88 Å². The molecule has 0 unspecified atom stereocenters. The van der Waals surface area contributed by atoms with Gasteiger partial charge in [-0.1, -0.05) is 29.8 Å². The Morgan fingerprint density at radius 2 is 1.86 bits per heavy atom. The number of halogens is 1. The number of carbonyl (C=O) groups excluding carboxylic acids is 2. The molecule has 0 bridgehead atoms. The molecular formula is C15H14ClNO3S. The van der Waals surface area contributed by atoms with Gasteiger partial charge in [-0.3, -0.25) is 4.79 Å². The molecule has 0 radical (unpaired) electrons. The molecule has 1 aromatic heterocycles. The van der Waals surface area contributed by atoms with Crippen LogP contribution in [0.25, 0.3) is 0 Å². The number of thiophene rings is 1. The van der Waals surface area contributed by atoms with E-state index in [1.54, 1.807) is 12.1 Å². The minimum absolute atomic E-state index is 0.331. The van der Waals surface area contributed by atoms with Crippen LogP contribution in [0.3, 0.4) is 0 Å². The van der Waals surface area contributed by atoms with E-state index in [4.69, 9.17) is 16.3 Å². The van der Waals surface area contributed by atoms with E-state index < -0.39 is 5.97 Å². The fraction of sp³-hybridized carbons (Fsp3) is 0.200. The average Bonchev–Trinajstić information content (AvgIpc) is 2.87. The average molecular weight is 324 g/mol. The summed E-state index contributed by atoms with van der Waals surface area (Å²) in [5, 5.41) is 2.75. The minimum Gasteiger partial charge on any atom is -0.451 e. The van der Waals surface area contributed by atoms with Crippen LogP contribution in [0.5, 0.6) is 0 Å². The van der Waals surface area contributed by atoms with Crippen molar-refractivity contribution in [1.29, 1.82) is 0 Å². The maximum absolute atomic E-state index is 11.8. The SMILES string of the molecule is Cc1cccc(C)c1NC(=O)COC(=O)c1ccc(Cl)s1. The van der Waals surface area contributed by atoms with Gasteiger partial charge in [0.2, 0.25) is 0 Å². The summed E-state index contributed by atoms with van der Waals surface area (Å²) in [7, 11) is 0. The maximum atomic E-state index is 11.8. The number of hydrogen-bond donors (Lipinski definition) is 1. The van der Waals surface area contributed by atoms with Crippen LogP contribution >= 0.6 is 22.9 Å². The zero-order valence-corrected chi connectivity index (χ0v) is 13.2. The van der Waals surface area contributed by atoms with Gasteiger partial charge >= 0.3 is 5.97 Å². The fourth-order valence-corrected chi connectivity index (χ4v) is 2.75. The van der Waals surface area contributed by atoms with Crippen molar-refractivity contribution in [2.75, 3.05) is 11.9 Å². The highest BCUT2D eigenvalue weighted by Crippen LogP contribution is 2.22. The summed E-state index contributed by atoms with van der Waals surface area (Å²) in [6.07, 6.45) is 0. The molecule has 0 aliphatic carbocycles. The van der Waals surface area contributed by atoms with Crippen LogP contribution in [0.1, 0.15) is 20.8 Å². The van der Waals surface area contributed by atoms with Gasteiger partial charge in [-0.05, 0) is 37.1 Å². The molecule has 1 amide bonds. The van der Waals surface area contributed by atoms with Gasteiger partial charge in [0.15, 0.2) is 6.61 Å². The monoisotopic (exact) mass is 323 g/mol. The van der Waals surface area contributed by atoms with E-state index >= 15 is 0 Å². The molecule has 110 valence electrons. The highest BCUT2D eigenvalue weighted by molar-refractivity contribution is 7.17. The second-order valence-corrected chi connectivity index (χ2v) is 6.21. The number of rotatable bonds is 4. The molecule has 4 nitrogen and oxygen atoms in total. The van der Waals surface area contributed by atoms with Crippen molar-refractivity contribution in [1.82, 2.24) is 0 Å². The van der Waals surface area contributed by atoms with E-state index in [1.165, 1.54) is 0 Å². The van der Waals surface area contributed by atoms with Crippen molar-refractivity contribution < 1.29 is 14.3 Å². The predicted molar refractivity (Wildman–Crippen MR) is 84.2 cm³/mol. The molecular weight excluding hydrogens is 310 g/mol. The van der Waals surface area contributed by atoms with Gasteiger partial charge in [-0.2, -0.15) is 0 Å². The van der Waals surface area contributed by atoms with Crippen molar-refractivity contribution >= 4 is 40.5 Å². The number of carbonyl (C=O) groups is 2. The van der Waals surface area contributed by atoms with Crippen LogP contribution in [0.2, 0.25) is 4.34 Å². The minimum atomic E-state index is -0.552. The number of para-hydroxylation sites is 1. The van der Waals surface area contributed by atoms with Crippen LogP contribution in [-0.2, 0) is 9.53 Å². The first-order valence-electron chi connectivity index (χ1n) is 6.26. The number of anilines is 1. The smallest absolute Gasteiger partial charge is 0.348 e. The van der Waals surface area contributed by atoms with Gasteiger partial charge in [0, 0.05) is 5.69 Å². The van der Waals surface area contributed by atoms with Gasteiger partial charge in [0.25, 0.3) is 5.91 Å². The molecule has 0 saturated carbocycles. The van der Waals surface area contributed by atoms with Gasteiger partial charge < -0.3 is 10.1 Å². The summed E-state index contributed by atoms with van der Waals surface area (Å²) >= 11 is 6.86. The number of amides is 1. The number of nitrogens with one attached hydrogen (secondary N) is 1. The van der Waals surface area contributed by atoms with Crippen molar-refractivity contribution in [3.05, 3.63) is 50.7 Å². The van der Waals surface area contributed by atoms with E-state index in [0.29, 0.717) is 9.21 Å². The van der Waals surface area contributed by atoms with Gasteiger partial charge in [-0.25, -0.2) is 4.79 Å². The third-order valence-corrected chi connectivity index (χ3v) is 4.07. The quantitative estimate of drug-likeness (QED) is 0.870. The van der Waals surface area contributed by atoms with E-state index in [-0.39, 0.29) is 12.5 Å². The van der Waals surface area contributed by atoms with Crippen molar-refractivity contribution in [2.24, 2.45) is 0 Å². The molecule has 0 saturated heterocycles. The zero-order chi connectivity index (χ0) is 15.4. The van der Waals surface area contributed by atoms with Gasteiger partial charge in [-0.15, -0.1) is 11.3 Å².